The molecule has 0 saturated carbocycles. The van der Waals surface area contributed by atoms with E-state index in [-0.39, 0.29) is 11.9 Å². The van der Waals surface area contributed by atoms with Gasteiger partial charge in [0.25, 0.3) is 0 Å². The van der Waals surface area contributed by atoms with Crippen LogP contribution < -0.4 is 4.90 Å². The van der Waals surface area contributed by atoms with Crippen LogP contribution in [0.2, 0.25) is 0 Å². The molecule has 0 aliphatic rings. The van der Waals surface area contributed by atoms with Crippen molar-refractivity contribution in [3.8, 4) is 0 Å². The molecule has 1 heterocycles. The minimum absolute atomic E-state index is 0.0386. The molecule has 3 aromatic rings. The van der Waals surface area contributed by atoms with Crippen LogP contribution in [-0.2, 0) is 14.3 Å². The highest BCUT2D eigenvalue weighted by Crippen LogP contribution is 2.37. The number of hydrogen-bond donors (Lipinski definition) is 1. The molecule has 0 radical (unpaired) electrons. The van der Waals surface area contributed by atoms with Crippen LogP contribution >= 0.6 is 11.8 Å². The first-order valence-electron chi connectivity index (χ1n) is 13.5. The van der Waals surface area contributed by atoms with Crippen LogP contribution in [0.15, 0.2) is 53.7 Å². The van der Waals surface area contributed by atoms with Gasteiger partial charge >= 0.3 is 11.9 Å². The van der Waals surface area contributed by atoms with Gasteiger partial charge in [0.05, 0.1) is 23.2 Å². The molecule has 0 aliphatic heterocycles. The number of anilines is 1. The molecule has 0 bridgehead atoms. The molecule has 39 heavy (non-hydrogen) atoms. The van der Waals surface area contributed by atoms with Crippen LogP contribution in [0, 0.1) is 5.41 Å². The summed E-state index contributed by atoms with van der Waals surface area (Å²) in [5.41, 5.74) is 2.21. The molecule has 1 aromatic heterocycles. The third kappa shape index (κ3) is 7.62. The topological polar surface area (TPSA) is 102 Å². The standard InChI is InChI=1S/C30H39N3O5S/c1-6-8-14-25(34)32(22-17-15-21(16-18-22)28(37)38-7-2)19-11-20-39-29-31-23-12-9-10-13-24(23)33(29)26(27(35)36)30(3,4)5/h9-10,12-13,15-18,26H,6-8,11,14,19-20H2,1-5H3,(H,35,36). The highest BCUT2D eigenvalue weighted by molar-refractivity contribution is 7.99. The number of amides is 1. The third-order valence-corrected chi connectivity index (χ3v) is 7.41. The number of carbonyl (C=O) groups excluding carboxylic acids is 2. The van der Waals surface area contributed by atoms with Gasteiger partial charge in [0.1, 0.15) is 6.04 Å². The zero-order valence-electron chi connectivity index (χ0n) is 23.5. The zero-order valence-corrected chi connectivity index (χ0v) is 24.3. The average molecular weight is 554 g/mol. The molecule has 1 N–H and O–H groups in total. The number of fused-ring (bicyclic) bond motifs is 1. The van der Waals surface area contributed by atoms with Gasteiger partial charge in [0.2, 0.25) is 5.91 Å². The fraction of sp³-hybridized carbons (Fsp3) is 0.467. The van der Waals surface area contributed by atoms with E-state index >= 15 is 0 Å². The molecule has 3 rings (SSSR count). The second-order valence-corrected chi connectivity index (χ2v) is 11.5. The Morgan fingerprint density at radius 3 is 2.36 bits per heavy atom. The van der Waals surface area contributed by atoms with E-state index in [1.807, 2.05) is 49.6 Å². The van der Waals surface area contributed by atoms with Crippen molar-refractivity contribution in [2.75, 3.05) is 23.8 Å². The van der Waals surface area contributed by atoms with Gasteiger partial charge in [-0.25, -0.2) is 14.6 Å². The second-order valence-electron chi connectivity index (χ2n) is 10.5. The van der Waals surface area contributed by atoms with Gasteiger partial charge in [0, 0.05) is 24.4 Å². The Balaban J connectivity index is 1.79. The normalized spacial score (nSPS) is 12.3. The van der Waals surface area contributed by atoms with Crippen LogP contribution in [0.25, 0.3) is 11.0 Å². The molecule has 0 aliphatic carbocycles. The fourth-order valence-electron chi connectivity index (χ4n) is 4.48. The molecule has 1 atom stereocenters. The molecule has 0 spiro atoms. The minimum Gasteiger partial charge on any atom is -0.480 e. The number of aromatic nitrogens is 2. The number of carboxylic acid groups (broad SMARTS) is 1. The van der Waals surface area contributed by atoms with E-state index < -0.39 is 17.4 Å². The van der Waals surface area contributed by atoms with Crippen molar-refractivity contribution in [1.82, 2.24) is 9.55 Å². The maximum absolute atomic E-state index is 13.1. The number of ether oxygens (including phenoxy) is 1. The largest absolute Gasteiger partial charge is 0.480 e. The number of benzene rings is 2. The van der Waals surface area contributed by atoms with E-state index in [2.05, 4.69) is 6.92 Å². The number of rotatable bonds is 13. The molecule has 210 valence electrons. The lowest BCUT2D eigenvalue weighted by Crippen LogP contribution is -2.32. The maximum Gasteiger partial charge on any atom is 0.338 e. The number of aliphatic carboxylic acids is 1. The van der Waals surface area contributed by atoms with Gasteiger partial charge in [-0.05, 0) is 61.6 Å². The van der Waals surface area contributed by atoms with Crippen molar-refractivity contribution in [3.05, 3.63) is 54.1 Å². The SMILES string of the molecule is CCCCC(=O)N(CCCSc1nc2ccccc2n1C(C(=O)O)C(C)(C)C)c1ccc(C(=O)OCC)cc1. The number of para-hydroxylation sites is 2. The number of imidazole rings is 1. The Kier molecular flexibility index (Phi) is 10.6. The highest BCUT2D eigenvalue weighted by Gasteiger charge is 2.35. The van der Waals surface area contributed by atoms with Crippen molar-refractivity contribution in [1.29, 1.82) is 0 Å². The maximum atomic E-state index is 13.1. The fourth-order valence-corrected chi connectivity index (χ4v) is 5.44. The van der Waals surface area contributed by atoms with Gasteiger partial charge in [-0.3, -0.25) is 4.79 Å². The summed E-state index contributed by atoms with van der Waals surface area (Å²) >= 11 is 1.50. The van der Waals surface area contributed by atoms with Crippen molar-refractivity contribution in [2.45, 2.75) is 71.5 Å². The monoisotopic (exact) mass is 553 g/mol. The summed E-state index contributed by atoms with van der Waals surface area (Å²) in [6, 6.07) is 13.7. The van der Waals surface area contributed by atoms with Crippen molar-refractivity contribution < 1.29 is 24.2 Å². The number of carboxylic acids is 1. The van der Waals surface area contributed by atoms with Crippen LogP contribution in [-0.4, -0.2) is 51.4 Å². The van der Waals surface area contributed by atoms with Crippen LogP contribution in [0.5, 0.6) is 0 Å². The van der Waals surface area contributed by atoms with Gasteiger partial charge in [-0.2, -0.15) is 0 Å². The summed E-state index contributed by atoms with van der Waals surface area (Å²) in [7, 11) is 0. The summed E-state index contributed by atoms with van der Waals surface area (Å²) in [5.74, 6) is -0.594. The van der Waals surface area contributed by atoms with E-state index in [0.717, 1.165) is 29.6 Å². The average Bonchev–Trinajstić information content (AvgIpc) is 3.24. The lowest BCUT2D eigenvalue weighted by Gasteiger charge is -2.30. The molecule has 8 nitrogen and oxygen atoms in total. The molecular weight excluding hydrogens is 514 g/mol. The molecule has 0 fully saturated rings. The predicted molar refractivity (Wildman–Crippen MR) is 155 cm³/mol. The number of esters is 1. The van der Waals surface area contributed by atoms with Crippen LogP contribution in [0.1, 0.15) is 76.7 Å². The van der Waals surface area contributed by atoms with E-state index in [9.17, 15) is 19.5 Å². The van der Waals surface area contributed by atoms with Crippen molar-refractivity contribution in [2.24, 2.45) is 5.41 Å². The lowest BCUT2D eigenvalue weighted by atomic mass is 9.86. The Morgan fingerprint density at radius 2 is 1.74 bits per heavy atom. The number of unbranched alkanes of at least 4 members (excludes halogenated alkanes) is 1. The second kappa shape index (κ2) is 13.6. The number of thioether (sulfide) groups is 1. The van der Waals surface area contributed by atoms with E-state index in [1.165, 1.54) is 11.8 Å². The molecular formula is C30H39N3O5S. The zero-order chi connectivity index (χ0) is 28.6. The first-order valence-corrected chi connectivity index (χ1v) is 14.5. The number of hydrogen-bond acceptors (Lipinski definition) is 6. The third-order valence-electron chi connectivity index (χ3n) is 6.37. The van der Waals surface area contributed by atoms with E-state index in [0.29, 0.717) is 42.5 Å². The predicted octanol–water partition coefficient (Wildman–Crippen LogP) is 6.59. The number of nitrogens with zero attached hydrogens (tertiary/aromatic N) is 3. The van der Waals surface area contributed by atoms with E-state index in [1.54, 1.807) is 36.1 Å². The summed E-state index contributed by atoms with van der Waals surface area (Å²) in [6.45, 7) is 10.4. The molecule has 9 heteroatoms. The van der Waals surface area contributed by atoms with Gasteiger partial charge in [-0.15, -0.1) is 0 Å². The molecule has 2 aromatic carbocycles. The smallest absolute Gasteiger partial charge is 0.338 e. The molecule has 1 amide bonds. The Labute approximate surface area is 234 Å². The Bertz CT molecular complexity index is 1280. The Hall–Kier alpha value is -3.33. The summed E-state index contributed by atoms with van der Waals surface area (Å²) < 4.78 is 6.90. The quantitative estimate of drug-likeness (QED) is 0.145. The number of carbonyl (C=O) groups is 3. The summed E-state index contributed by atoms with van der Waals surface area (Å²) in [4.78, 5) is 44.0. The highest BCUT2D eigenvalue weighted by atomic mass is 32.2. The minimum atomic E-state index is -0.897. The van der Waals surface area contributed by atoms with Crippen molar-refractivity contribution in [3.63, 3.8) is 0 Å². The van der Waals surface area contributed by atoms with Crippen molar-refractivity contribution >= 4 is 46.3 Å². The van der Waals surface area contributed by atoms with Gasteiger partial charge in [0.15, 0.2) is 5.16 Å². The molecule has 0 saturated heterocycles. The van der Waals surface area contributed by atoms with Gasteiger partial charge in [-0.1, -0.05) is 58.0 Å². The first-order chi connectivity index (χ1) is 18.6. The Morgan fingerprint density at radius 1 is 1.05 bits per heavy atom. The van der Waals surface area contributed by atoms with E-state index in [4.69, 9.17) is 9.72 Å². The lowest BCUT2D eigenvalue weighted by molar-refractivity contribution is -0.144. The molecule has 1 unspecified atom stereocenters. The summed E-state index contributed by atoms with van der Waals surface area (Å²) in [5, 5.41) is 10.8. The van der Waals surface area contributed by atoms with Crippen LogP contribution in [0.3, 0.4) is 0 Å². The summed E-state index contributed by atoms with van der Waals surface area (Å²) in [6.07, 6.45) is 2.86. The first kappa shape index (κ1) is 30.2. The van der Waals surface area contributed by atoms with Gasteiger partial charge < -0.3 is 19.3 Å². The van der Waals surface area contributed by atoms with Crippen LogP contribution in [0.4, 0.5) is 5.69 Å².